The van der Waals surface area contributed by atoms with Crippen LogP contribution in [0.4, 0.5) is 0 Å². The third kappa shape index (κ3) is 5.11. The third-order valence-corrected chi connectivity index (χ3v) is 5.07. The molecule has 29 heavy (non-hydrogen) atoms. The summed E-state index contributed by atoms with van der Waals surface area (Å²) >= 11 is 1.30. The van der Waals surface area contributed by atoms with E-state index in [-0.39, 0.29) is 11.7 Å². The second kappa shape index (κ2) is 9.20. The number of rotatable bonds is 8. The maximum atomic E-state index is 12.9. The van der Waals surface area contributed by atoms with Gasteiger partial charge in [0.15, 0.2) is 5.82 Å². The predicted octanol–water partition coefficient (Wildman–Crippen LogP) is 3.78. The van der Waals surface area contributed by atoms with E-state index in [0.29, 0.717) is 24.1 Å². The number of aromatic amines is 1. The normalized spacial score (nSPS) is 10.8. The number of aromatic nitrogens is 4. The van der Waals surface area contributed by atoms with Crippen molar-refractivity contribution in [1.82, 2.24) is 25.1 Å². The van der Waals surface area contributed by atoms with E-state index in [0.717, 1.165) is 16.9 Å². The van der Waals surface area contributed by atoms with Gasteiger partial charge in [0.2, 0.25) is 11.1 Å². The summed E-state index contributed by atoms with van der Waals surface area (Å²) in [5.41, 5.74) is 1.96. The molecule has 1 N–H and O–H groups in total. The first-order valence-electron chi connectivity index (χ1n) is 9.07. The molecule has 7 nitrogen and oxygen atoms in total. The highest BCUT2D eigenvalue weighted by Gasteiger charge is 2.17. The van der Waals surface area contributed by atoms with Crippen molar-refractivity contribution < 1.29 is 9.21 Å². The Morgan fingerprint density at radius 2 is 1.86 bits per heavy atom. The number of nitrogens with one attached hydrogen (secondary N) is 1. The van der Waals surface area contributed by atoms with E-state index in [4.69, 9.17) is 4.42 Å². The molecule has 0 saturated heterocycles. The maximum absolute atomic E-state index is 12.9. The molecule has 3 aromatic heterocycles. The van der Waals surface area contributed by atoms with Crippen molar-refractivity contribution in [1.29, 1.82) is 0 Å². The second-order valence-corrected chi connectivity index (χ2v) is 7.25. The van der Waals surface area contributed by atoms with Crippen LogP contribution in [-0.2, 0) is 17.9 Å². The smallest absolute Gasteiger partial charge is 0.233 e. The lowest BCUT2D eigenvalue weighted by molar-refractivity contribution is -0.129. The zero-order chi connectivity index (χ0) is 19.9. The standard InChI is InChI=1S/C21H19N5O2S/c27-19(15-29-21-23-20(24-25-21)17-8-10-22-11-9-17)26(14-18-7-4-12-28-18)13-16-5-2-1-3-6-16/h1-12H,13-15H2,(H,23,24,25). The zero-order valence-electron chi connectivity index (χ0n) is 15.6. The van der Waals surface area contributed by atoms with Crippen molar-refractivity contribution in [3.8, 4) is 11.4 Å². The van der Waals surface area contributed by atoms with E-state index in [9.17, 15) is 4.79 Å². The van der Waals surface area contributed by atoms with Gasteiger partial charge in [0, 0.05) is 24.5 Å². The van der Waals surface area contributed by atoms with Gasteiger partial charge in [-0.1, -0.05) is 42.1 Å². The summed E-state index contributed by atoms with van der Waals surface area (Å²) in [6.45, 7) is 0.925. The van der Waals surface area contributed by atoms with Gasteiger partial charge >= 0.3 is 0 Å². The van der Waals surface area contributed by atoms with E-state index in [2.05, 4.69) is 20.2 Å². The molecule has 0 unspecified atom stereocenters. The Labute approximate surface area is 172 Å². The first kappa shape index (κ1) is 18.9. The van der Waals surface area contributed by atoms with Crippen LogP contribution in [0.3, 0.4) is 0 Å². The fourth-order valence-electron chi connectivity index (χ4n) is 2.79. The van der Waals surface area contributed by atoms with E-state index in [1.807, 2.05) is 54.6 Å². The lowest BCUT2D eigenvalue weighted by Crippen LogP contribution is -2.31. The Hall–Kier alpha value is -3.39. The van der Waals surface area contributed by atoms with Crippen molar-refractivity contribution in [2.75, 3.05) is 5.75 Å². The molecule has 0 saturated carbocycles. The van der Waals surface area contributed by atoms with Crippen LogP contribution in [0.1, 0.15) is 11.3 Å². The SMILES string of the molecule is O=C(CSc1n[nH]c(-c2ccncc2)n1)N(Cc1ccccc1)Cc1ccco1. The largest absolute Gasteiger partial charge is 0.467 e. The molecular formula is C21H19N5O2S. The van der Waals surface area contributed by atoms with E-state index >= 15 is 0 Å². The molecule has 0 aliphatic rings. The molecule has 3 heterocycles. The Morgan fingerprint density at radius 3 is 2.62 bits per heavy atom. The lowest BCUT2D eigenvalue weighted by Gasteiger charge is -2.21. The lowest BCUT2D eigenvalue weighted by atomic mass is 10.2. The number of amides is 1. The second-order valence-electron chi connectivity index (χ2n) is 6.31. The number of benzene rings is 1. The van der Waals surface area contributed by atoms with Gasteiger partial charge in [-0.2, -0.15) is 0 Å². The maximum Gasteiger partial charge on any atom is 0.233 e. The molecule has 0 spiro atoms. The van der Waals surface area contributed by atoms with E-state index in [1.54, 1.807) is 23.6 Å². The van der Waals surface area contributed by atoms with Crippen LogP contribution in [0.5, 0.6) is 0 Å². The minimum absolute atomic E-state index is 0.00878. The molecule has 0 aliphatic carbocycles. The van der Waals surface area contributed by atoms with Gasteiger partial charge < -0.3 is 9.32 Å². The van der Waals surface area contributed by atoms with Crippen LogP contribution in [-0.4, -0.2) is 36.7 Å². The topological polar surface area (TPSA) is 87.9 Å². The Kier molecular flexibility index (Phi) is 6.01. The minimum atomic E-state index is -0.00878. The van der Waals surface area contributed by atoms with E-state index in [1.165, 1.54) is 11.8 Å². The molecule has 4 rings (SSSR count). The summed E-state index contributed by atoms with van der Waals surface area (Å²) in [5, 5.41) is 7.63. The van der Waals surface area contributed by atoms with Gasteiger partial charge in [0.25, 0.3) is 0 Å². The van der Waals surface area contributed by atoms with Gasteiger partial charge in [-0.3, -0.25) is 14.9 Å². The van der Waals surface area contributed by atoms with Gasteiger partial charge in [0.1, 0.15) is 5.76 Å². The quantitative estimate of drug-likeness (QED) is 0.449. The number of carbonyl (C=O) groups is 1. The molecule has 1 amide bonds. The first-order valence-corrected chi connectivity index (χ1v) is 10.1. The predicted molar refractivity (Wildman–Crippen MR) is 110 cm³/mol. The van der Waals surface area contributed by atoms with Crippen LogP contribution in [0.25, 0.3) is 11.4 Å². The van der Waals surface area contributed by atoms with Crippen LogP contribution in [0, 0.1) is 0 Å². The van der Waals surface area contributed by atoms with Crippen LogP contribution in [0.2, 0.25) is 0 Å². The number of carbonyl (C=O) groups excluding carboxylic acids is 1. The zero-order valence-corrected chi connectivity index (χ0v) is 16.4. The third-order valence-electron chi connectivity index (χ3n) is 4.24. The summed E-state index contributed by atoms with van der Waals surface area (Å²) in [7, 11) is 0. The number of hydrogen-bond acceptors (Lipinski definition) is 6. The summed E-state index contributed by atoms with van der Waals surface area (Å²) < 4.78 is 5.43. The summed E-state index contributed by atoms with van der Waals surface area (Å²) in [6.07, 6.45) is 5.01. The fourth-order valence-corrected chi connectivity index (χ4v) is 3.50. The number of furan rings is 1. The van der Waals surface area contributed by atoms with Crippen molar-refractivity contribution in [3.05, 3.63) is 84.6 Å². The number of H-pyrrole nitrogens is 1. The molecular weight excluding hydrogens is 386 g/mol. The molecule has 0 fully saturated rings. The fraction of sp³-hybridized carbons (Fsp3) is 0.143. The highest BCUT2D eigenvalue weighted by molar-refractivity contribution is 7.99. The van der Waals surface area contributed by atoms with Gasteiger partial charge in [-0.15, -0.1) is 5.10 Å². The minimum Gasteiger partial charge on any atom is -0.467 e. The van der Waals surface area contributed by atoms with Crippen molar-refractivity contribution in [2.45, 2.75) is 18.2 Å². The molecule has 146 valence electrons. The number of thioether (sulfide) groups is 1. The van der Waals surface area contributed by atoms with Crippen LogP contribution < -0.4 is 0 Å². The molecule has 4 aromatic rings. The molecule has 8 heteroatoms. The summed E-state index contributed by atoms with van der Waals surface area (Å²) in [5.74, 6) is 1.63. The Bertz CT molecular complexity index is 1040. The average molecular weight is 405 g/mol. The number of hydrogen-bond donors (Lipinski definition) is 1. The molecule has 1 aromatic carbocycles. The van der Waals surface area contributed by atoms with E-state index < -0.39 is 0 Å². The van der Waals surface area contributed by atoms with Crippen LogP contribution in [0.15, 0.2) is 82.8 Å². The monoisotopic (exact) mass is 405 g/mol. The van der Waals surface area contributed by atoms with Crippen molar-refractivity contribution in [2.24, 2.45) is 0 Å². The highest BCUT2D eigenvalue weighted by Crippen LogP contribution is 2.20. The number of nitrogens with zero attached hydrogens (tertiary/aromatic N) is 4. The van der Waals surface area contributed by atoms with Gasteiger partial charge in [0.05, 0.1) is 18.6 Å². The average Bonchev–Trinajstić information content (AvgIpc) is 3.45. The Balaban J connectivity index is 1.41. The Morgan fingerprint density at radius 1 is 1.03 bits per heavy atom. The van der Waals surface area contributed by atoms with Crippen molar-refractivity contribution in [3.63, 3.8) is 0 Å². The van der Waals surface area contributed by atoms with Crippen LogP contribution >= 0.6 is 11.8 Å². The van der Waals surface area contributed by atoms with Crippen molar-refractivity contribution >= 4 is 17.7 Å². The molecule has 0 aliphatic heterocycles. The summed E-state index contributed by atoms with van der Waals surface area (Å²) in [4.78, 5) is 23.1. The highest BCUT2D eigenvalue weighted by atomic mass is 32.2. The molecule has 0 radical (unpaired) electrons. The molecule has 0 bridgehead atoms. The molecule has 0 atom stereocenters. The van der Waals surface area contributed by atoms with Gasteiger partial charge in [-0.05, 0) is 29.8 Å². The van der Waals surface area contributed by atoms with Gasteiger partial charge in [-0.25, -0.2) is 4.98 Å². The summed E-state index contributed by atoms with van der Waals surface area (Å²) in [6, 6.07) is 17.3. The first-order chi connectivity index (χ1) is 14.3. The number of pyridine rings is 1.